The van der Waals surface area contributed by atoms with E-state index in [0.717, 1.165) is 11.4 Å². The molecule has 3 heterocycles. The summed E-state index contributed by atoms with van der Waals surface area (Å²) in [5.74, 6) is 0. The molecule has 12 aromatic carbocycles. The van der Waals surface area contributed by atoms with Crippen LogP contribution in [0.2, 0.25) is 0 Å². The molecule has 0 atom stereocenters. The van der Waals surface area contributed by atoms with Gasteiger partial charge in [-0.15, -0.1) is 31.4 Å². The Morgan fingerprint density at radius 2 is 0.494 bits per heavy atom. The molecule has 0 unspecified atom stereocenters. The maximum absolute atomic E-state index is 2.50. The van der Waals surface area contributed by atoms with E-state index in [1.165, 1.54) is 103 Å². The van der Waals surface area contributed by atoms with Gasteiger partial charge in [0.2, 0.25) is 0 Å². The van der Waals surface area contributed by atoms with Gasteiger partial charge in [0.25, 0.3) is 0 Å². The van der Waals surface area contributed by atoms with Crippen LogP contribution in [0.25, 0.3) is 75.2 Å². The van der Waals surface area contributed by atoms with E-state index in [1.807, 2.05) is 11.3 Å². The second kappa shape index (κ2) is 18.5. The fraction of sp³-hybridized carbons (Fsp3) is 0. The third-order valence-electron chi connectivity index (χ3n) is 15.5. The van der Waals surface area contributed by atoms with Crippen LogP contribution in [0.1, 0.15) is 0 Å². The first kappa shape index (κ1) is 45.5. The first-order valence-electron chi connectivity index (χ1n) is 26.2. The van der Waals surface area contributed by atoms with Gasteiger partial charge in [-0.1, -0.05) is 146 Å². The van der Waals surface area contributed by atoms with Gasteiger partial charge in [-0.3, -0.25) is 0 Å². The minimum absolute atomic E-state index is 1.15. The van der Waals surface area contributed by atoms with Gasteiger partial charge in [-0.2, -0.15) is 0 Å². The van der Waals surface area contributed by atoms with E-state index in [-0.39, 0.29) is 0 Å². The monoisotopic (exact) mass is 1040 g/mol. The molecule has 0 radical (unpaired) electrons. The zero-order valence-electron chi connectivity index (χ0n) is 42.0. The molecule has 0 bridgehead atoms. The van der Waals surface area contributed by atoms with Crippen molar-refractivity contribution in [2.75, 3.05) is 0 Å². The van der Waals surface area contributed by atoms with Crippen LogP contribution in [-0.2, 0) is 0 Å². The van der Waals surface area contributed by atoms with Gasteiger partial charge in [-0.25, -0.2) is 0 Å². The average Bonchev–Trinajstić information content (AvgIpc) is 4.25. The standard InChI is InChI=1S/C72H50N2S3/c1-7-23-53(24-8-1)76(54-25-9-2-10-26-54,55-27-11-3-12-28-55)59-41-43-69-63(49-59)61-35-19-21-37-67(61)73(69)51-39-45-71-65(47-51)66-48-52(40-46-72(66)75-71)74-68-38-22-20-36-62(68)64-50-60(42-44-70(64)74)77(56-29-13-4-14-30-56,57-31-15-5-16-32-57)58-33-17-6-18-34-58/h1-50H. The summed E-state index contributed by atoms with van der Waals surface area (Å²) in [4.78, 5) is 10.5. The highest BCUT2D eigenvalue weighted by Gasteiger charge is 2.35. The van der Waals surface area contributed by atoms with Crippen molar-refractivity contribution in [3.05, 3.63) is 303 Å². The van der Waals surface area contributed by atoms with Crippen LogP contribution >= 0.6 is 31.4 Å². The van der Waals surface area contributed by atoms with Crippen LogP contribution in [0.3, 0.4) is 0 Å². The Bertz CT molecular complexity index is 4170. The SMILES string of the molecule is c1ccc(S(c2ccccc2)(c2ccccc2)c2ccc3c(c2)c2ccccc2n3-c2ccc3sc4ccc(-n5c6ccccc6c6cc(S(c7ccccc7)(c7ccccc7)c7ccccc7)ccc65)cc4c3c2)cc1. The lowest BCUT2D eigenvalue weighted by atomic mass is 10.1. The summed E-state index contributed by atoms with van der Waals surface area (Å²) < 4.78 is 7.52. The third kappa shape index (κ3) is 7.05. The van der Waals surface area contributed by atoms with Crippen LogP contribution in [0.5, 0.6) is 0 Å². The van der Waals surface area contributed by atoms with Crippen molar-refractivity contribution in [1.82, 2.24) is 9.13 Å². The largest absolute Gasteiger partial charge is 0.309 e. The van der Waals surface area contributed by atoms with Gasteiger partial charge < -0.3 is 9.13 Å². The fourth-order valence-corrected chi connectivity index (χ4v) is 21.1. The Hall–Kier alpha value is -8.84. The number of aromatic nitrogens is 2. The van der Waals surface area contributed by atoms with Crippen molar-refractivity contribution in [1.29, 1.82) is 0 Å². The summed E-state index contributed by atoms with van der Waals surface area (Å²) >= 11 is 1.87. The first-order chi connectivity index (χ1) is 38.2. The van der Waals surface area contributed by atoms with E-state index in [2.05, 4.69) is 312 Å². The van der Waals surface area contributed by atoms with Gasteiger partial charge >= 0.3 is 0 Å². The molecule has 3 aromatic heterocycles. The molecule has 0 aliphatic heterocycles. The van der Waals surface area contributed by atoms with Crippen molar-refractivity contribution in [2.24, 2.45) is 0 Å². The highest BCUT2D eigenvalue weighted by molar-refractivity contribution is 8.34. The Kier molecular flexibility index (Phi) is 10.9. The van der Waals surface area contributed by atoms with Gasteiger partial charge in [0.05, 0.1) is 22.1 Å². The van der Waals surface area contributed by atoms with E-state index in [9.17, 15) is 0 Å². The molecule has 0 fully saturated rings. The fourth-order valence-electron chi connectivity index (χ4n) is 12.3. The van der Waals surface area contributed by atoms with Crippen molar-refractivity contribution in [2.45, 2.75) is 39.2 Å². The summed E-state index contributed by atoms with van der Waals surface area (Å²) in [5, 5.41) is 7.51. The van der Waals surface area contributed by atoms with E-state index in [4.69, 9.17) is 0 Å². The van der Waals surface area contributed by atoms with E-state index in [0.29, 0.717) is 0 Å². The number of para-hydroxylation sites is 2. The van der Waals surface area contributed by atoms with Crippen LogP contribution in [0.4, 0.5) is 0 Å². The van der Waals surface area contributed by atoms with E-state index >= 15 is 0 Å². The normalized spacial score (nSPS) is 12.6. The maximum Gasteiger partial charge on any atom is 0.0541 e. The molecule has 77 heavy (non-hydrogen) atoms. The summed E-state index contributed by atoms with van der Waals surface area (Å²) in [7, 11) is -3.75. The van der Waals surface area contributed by atoms with Gasteiger partial charge in [0, 0.05) is 92.3 Å². The molecular weight excluding hydrogens is 989 g/mol. The number of fused-ring (bicyclic) bond motifs is 9. The zero-order chi connectivity index (χ0) is 50.9. The average molecular weight is 1040 g/mol. The molecule has 15 rings (SSSR count). The minimum Gasteiger partial charge on any atom is -0.309 e. The molecular formula is C72H50N2S3. The molecule has 15 aromatic rings. The first-order valence-corrected chi connectivity index (χ1v) is 30.3. The molecule has 0 saturated carbocycles. The molecule has 366 valence electrons. The molecule has 0 aliphatic rings. The quantitative estimate of drug-likeness (QED) is 0.129. The maximum atomic E-state index is 2.50. The molecule has 0 aliphatic carbocycles. The molecule has 5 heteroatoms. The smallest absolute Gasteiger partial charge is 0.0541 e. The Labute approximate surface area is 455 Å². The highest BCUT2D eigenvalue weighted by Crippen LogP contribution is 2.75. The number of benzene rings is 12. The number of hydrogen-bond donors (Lipinski definition) is 0. The van der Waals surface area contributed by atoms with Crippen molar-refractivity contribution >= 4 is 95.2 Å². The second-order valence-corrected chi connectivity index (χ2v) is 26.9. The molecule has 0 amide bonds. The van der Waals surface area contributed by atoms with Crippen LogP contribution in [0, 0.1) is 0 Å². The predicted molar refractivity (Wildman–Crippen MR) is 328 cm³/mol. The third-order valence-corrected chi connectivity index (χ3v) is 24.5. The van der Waals surface area contributed by atoms with Crippen molar-refractivity contribution in [3.8, 4) is 11.4 Å². The van der Waals surface area contributed by atoms with Crippen molar-refractivity contribution < 1.29 is 0 Å². The lowest BCUT2D eigenvalue weighted by Gasteiger charge is -2.42. The lowest BCUT2D eigenvalue weighted by molar-refractivity contribution is 1.18. The van der Waals surface area contributed by atoms with Crippen LogP contribution < -0.4 is 0 Å². The number of hydrogen-bond acceptors (Lipinski definition) is 1. The molecule has 0 saturated heterocycles. The minimum atomic E-state index is -1.88. The van der Waals surface area contributed by atoms with Crippen molar-refractivity contribution in [3.63, 3.8) is 0 Å². The van der Waals surface area contributed by atoms with Crippen LogP contribution in [0.15, 0.2) is 342 Å². The molecule has 0 N–H and O–H groups in total. The van der Waals surface area contributed by atoms with Gasteiger partial charge in [0.15, 0.2) is 0 Å². The number of thiophene rings is 1. The summed E-state index contributed by atoms with van der Waals surface area (Å²) in [6.45, 7) is 0. The van der Waals surface area contributed by atoms with Crippen LogP contribution in [-0.4, -0.2) is 9.13 Å². The molecule has 2 nitrogen and oxygen atoms in total. The topological polar surface area (TPSA) is 9.86 Å². The summed E-state index contributed by atoms with van der Waals surface area (Å²) in [5.41, 5.74) is 7.08. The highest BCUT2D eigenvalue weighted by atomic mass is 32.3. The van der Waals surface area contributed by atoms with Gasteiger partial charge in [-0.05, 0) is 158 Å². The van der Waals surface area contributed by atoms with Gasteiger partial charge in [0.1, 0.15) is 0 Å². The second-order valence-electron chi connectivity index (χ2n) is 19.6. The molecule has 0 spiro atoms. The summed E-state index contributed by atoms with van der Waals surface area (Å²) in [6.07, 6.45) is 0. The lowest BCUT2D eigenvalue weighted by Crippen LogP contribution is -2.05. The number of nitrogens with zero attached hydrogens (tertiary/aromatic N) is 2. The number of rotatable bonds is 10. The Morgan fingerprint density at radius 1 is 0.208 bits per heavy atom. The Morgan fingerprint density at radius 3 is 0.818 bits per heavy atom. The van der Waals surface area contributed by atoms with E-state index < -0.39 is 20.1 Å². The van der Waals surface area contributed by atoms with E-state index in [1.54, 1.807) is 0 Å². The Balaban J connectivity index is 0.904. The summed E-state index contributed by atoms with van der Waals surface area (Å²) in [6, 6.07) is 114. The zero-order valence-corrected chi connectivity index (χ0v) is 44.4. The predicted octanol–water partition coefficient (Wildman–Crippen LogP) is 20.9.